The van der Waals surface area contributed by atoms with Crippen molar-refractivity contribution in [3.05, 3.63) is 42.5 Å². The predicted molar refractivity (Wildman–Crippen MR) is 50.9 cm³/mol. The summed E-state index contributed by atoms with van der Waals surface area (Å²) in [6.07, 6.45) is 2.51. The van der Waals surface area contributed by atoms with Gasteiger partial charge in [-0.2, -0.15) is 4.39 Å². The van der Waals surface area contributed by atoms with Crippen LogP contribution < -0.4 is 5.32 Å². The summed E-state index contributed by atoms with van der Waals surface area (Å²) >= 11 is 0. The maximum absolute atomic E-state index is 13.1. The van der Waals surface area contributed by atoms with Gasteiger partial charge in [0.05, 0.1) is 6.04 Å². The Kier molecular flexibility index (Phi) is 3.34. The zero-order chi connectivity index (χ0) is 10.6. The minimum Gasteiger partial charge on any atom is -0.346 e. The van der Waals surface area contributed by atoms with E-state index in [1.807, 2.05) is 0 Å². The molecule has 14 heavy (non-hydrogen) atoms. The molecule has 1 N–H and O–H groups in total. The maximum atomic E-state index is 13.1. The van der Waals surface area contributed by atoms with Gasteiger partial charge in [-0.25, -0.2) is 4.98 Å². The molecule has 1 rings (SSSR count). The van der Waals surface area contributed by atoms with Crippen molar-refractivity contribution in [2.45, 2.75) is 13.0 Å². The fourth-order valence-electron chi connectivity index (χ4n) is 1.07. The highest BCUT2D eigenvalue weighted by Gasteiger charge is 2.11. The molecule has 0 saturated carbocycles. The average Bonchev–Trinajstić information content (AvgIpc) is 2.18. The summed E-state index contributed by atoms with van der Waals surface area (Å²) < 4.78 is 13.1. The van der Waals surface area contributed by atoms with Crippen molar-refractivity contribution in [1.82, 2.24) is 10.3 Å². The molecule has 0 aromatic carbocycles. The van der Waals surface area contributed by atoms with Gasteiger partial charge in [0.2, 0.25) is 11.9 Å². The molecule has 4 heteroatoms. The topological polar surface area (TPSA) is 42.0 Å². The summed E-state index contributed by atoms with van der Waals surface area (Å²) in [6, 6.07) is 2.79. The van der Waals surface area contributed by atoms with Gasteiger partial charge in [-0.3, -0.25) is 4.79 Å². The third kappa shape index (κ3) is 2.39. The average molecular weight is 194 g/mol. The lowest BCUT2D eigenvalue weighted by atomic mass is 10.1. The molecule has 1 atom stereocenters. The van der Waals surface area contributed by atoms with Gasteiger partial charge < -0.3 is 5.32 Å². The Morgan fingerprint density at radius 3 is 3.07 bits per heavy atom. The van der Waals surface area contributed by atoms with Gasteiger partial charge in [-0.15, -0.1) is 0 Å². The first-order chi connectivity index (χ1) is 6.65. The lowest BCUT2D eigenvalue weighted by Crippen LogP contribution is -2.25. The summed E-state index contributed by atoms with van der Waals surface area (Å²) in [4.78, 5) is 14.4. The van der Waals surface area contributed by atoms with E-state index in [4.69, 9.17) is 0 Å². The second-order valence-electron chi connectivity index (χ2n) is 2.82. The van der Waals surface area contributed by atoms with Crippen molar-refractivity contribution in [3.8, 4) is 0 Å². The molecule has 74 valence electrons. The molecule has 0 unspecified atom stereocenters. The normalized spacial score (nSPS) is 11.9. The highest BCUT2D eigenvalue weighted by molar-refractivity contribution is 5.87. The van der Waals surface area contributed by atoms with Crippen LogP contribution in [0.25, 0.3) is 0 Å². The number of hydrogen-bond acceptors (Lipinski definition) is 2. The van der Waals surface area contributed by atoms with Gasteiger partial charge in [-0.05, 0) is 19.1 Å². The van der Waals surface area contributed by atoms with E-state index >= 15 is 0 Å². The van der Waals surface area contributed by atoms with E-state index in [-0.39, 0.29) is 5.91 Å². The smallest absolute Gasteiger partial charge is 0.243 e. The molecule has 1 amide bonds. The molecule has 0 aliphatic heterocycles. The van der Waals surface area contributed by atoms with E-state index < -0.39 is 12.0 Å². The third-order valence-electron chi connectivity index (χ3n) is 1.80. The van der Waals surface area contributed by atoms with Crippen molar-refractivity contribution in [2.75, 3.05) is 0 Å². The second kappa shape index (κ2) is 4.50. The van der Waals surface area contributed by atoms with Crippen LogP contribution in [0.5, 0.6) is 0 Å². The number of nitrogens with one attached hydrogen (secondary N) is 1. The van der Waals surface area contributed by atoms with E-state index in [1.165, 1.54) is 6.20 Å². The van der Waals surface area contributed by atoms with E-state index in [0.29, 0.717) is 5.56 Å². The van der Waals surface area contributed by atoms with E-state index in [9.17, 15) is 9.18 Å². The predicted octanol–water partition coefficient (Wildman–Crippen LogP) is 1.58. The number of rotatable bonds is 3. The summed E-state index contributed by atoms with van der Waals surface area (Å²) in [5, 5.41) is 2.55. The molecule has 0 aliphatic rings. The van der Waals surface area contributed by atoms with Crippen LogP contribution in [0.1, 0.15) is 18.5 Å². The Labute approximate surface area is 81.7 Å². The Hall–Kier alpha value is -1.71. The molecule has 0 radical (unpaired) electrons. The Morgan fingerprint density at radius 1 is 1.79 bits per heavy atom. The quantitative estimate of drug-likeness (QED) is 0.586. The molecule has 0 aliphatic carbocycles. The van der Waals surface area contributed by atoms with E-state index in [1.54, 1.807) is 19.1 Å². The number of carbonyl (C=O) groups excluding carboxylic acids is 1. The molecule has 0 bridgehead atoms. The van der Waals surface area contributed by atoms with Crippen LogP contribution in [-0.4, -0.2) is 10.9 Å². The van der Waals surface area contributed by atoms with Gasteiger partial charge in [0.15, 0.2) is 0 Å². The first kappa shape index (κ1) is 10.4. The van der Waals surface area contributed by atoms with Crippen molar-refractivity contribution < 1.29 is 9.18 Å². The second-order valence-corrected chi connectivity index (χ2v) is 2.82. The summed E-state index contributed by atoms with van der Waals surface area (Å²) in [5.41, 5.74) is 0.364. The number of hydrogen-bond donors (Lipinski definition) is 1. The maximum Gasteiger partial charge on any atom is 0.243 e. The van der Waals surface area contributed by atoms with Gasteiger partial charge in [0.25, 0.3) is 0 Å². The summed E-state index contributed by atoms with van der Waals surface area (Å²) in [7, 11) is 0. The minimum atomic E-state index is -0.565. The van der Waals surface area contributed by atoms with Gasteiger partial charge in [-0.1, -0.05) is 12.6 Å². The van der Waals surface area contributed by atoms with Crippen LogP contribution >= 0.6 is 0 Å². The molecule has 1 aromatic heterocycles. The standard InChI is InChI=1S/C10H11FN2O/c1-3-9(14)13-7(2)8-5-4-6-12-10(8)11/h3-7H,1H2,2H3,(H,13,14)/t7-/m1/s1. The van der Waals surface area contributed by atoms with Crippen LogP contribution in [0.2, 0.25) is 0 Å². The number of nitrogens with zero attached hydrogens (tertiary/aromatic N) is 1. The third-order valence-corrected chi connectivity index (χ3v) is 1.80. The van der Waals surface area contributed by atoms with Gasteiger partial charge in [0, 0.05) is 11.8 Å². The lowest BCUT2D eigenvalue weighted by Gasteiger charge is -2.12. The zero-order valence-electron chi connectivity index (χ0n) is 7.83. The lowest BCUT2D eigenvalue weighted by molar-refractivity contribution is -0.117. The number of carbonyl (C=O) groups is 1. The SMILES string of the molecule is C=CC(=O)N[C@H](C)c1cccnc1F. The Balaban J connectivity index is 2.79. The van der Waals surface area contributed by atoms with Gasteiger partial charge >= 0.3 is 0 Å². The minimum absolute atomic E-state index is 0.333. The van der Waals surface area contributed by atoms with Crippen molar-refractivity contribution in [1.29, 1.82) is 0 Å². The summed E-state index contributed by atoms with van der Waals surface area (Å²) in [6.45, 7) is 4.99. The molecule has 0 fully saturated rings. The van der Waals surface area contributed by atoms with Crippen LogP contribution in [-0.2, 0) is 4.79 Å². The fourth-order valence-corrected chi connectivity index (χ4v) is 1.07. The van der Waals surface area contributed by atoms with E-state index in [0.717, 1.165) is 6.08 Å². The molecule has 1 aromatic rings. The molecule has 0 saturated heterocycles. The molecule has 3 nitrogen and oxygen atoms in total. The summed E-state index contributed by atoms with van der Waals surface area (Å²) in [5.74, 6) is -0.898. The fraction of sp³-hybridized carbons (Fsp3) is 0.200. The first-order valence-electron chi connectivity index (χ1n) is 4.18. The molecule has 1 heterocycles. The first-order valence-corrected chi connectivity index (χ1v) is 4.18. The Morgan fingerprint density at radius 2 is 2.50 bits per heavy atom. The number of pyridine rings is 1. The van der Waals surface area contributed by atoms with E-state index in [2.05, 4.69) is 16.9 Å². The molecule has 0 spiro atoms. The monoisotopic (exact) mass is 194 g/mol. The number of amides is 1. The number of aromatic nitrogens is 1. The Bertz CT molecular complexity index is 352. The van der Waals surface area contributed by atoms with Gasteiger partial charge in [0.1, 0.15) is 0 Å². The van der Waals surface area contributed by atoms with Crippen LogP contribution in [0, 0.1) is 5.95 Å². The highest BCUT2D eigenvalue weighted by Crippen LogP contribution is 2.13. The highest BCUT2D eigenvalue weighted by atomic mass is 19.1. The molecular formula is C10H11FN2O. The zero-order valence-corrected chi connectivity index (χ0v) is 7.83. The van der Waals surface area contributed by atoms with Crippen LogP contribution in [0.4, 0.5) is 4.39 Å². The van der Waals surface area contributed by atoms with Crippen molar-refractivity contribution >= 4 is 5.91 Å². The van der Waals surface area contributed by atoms with Crippen LogP contribution in [0.3, 0.4) is 0 Å². The van der Waals surface area contributed by atoms with Crippen molar-refractivity contribution in [3.63, 3.8) is 0 Å². The molecular weight excluding hydrogens is 183 g/mol. The number of halogens is 1. The van der Waals surface area contributed by atoms with Crippen molar-refractivity contribution in [2.24, 2.45) is 0 Å². The largest absolute Gasteiger partial charge is 0.346 e. The van der Waals surface area contributed by atoms with Crippen LogP contribution in [0.15, 0.2) is 31.0 Å².